The van der Waals surface area contributed by atoms with Gasteiger partial charge in [-0.15, -0.1) is 0 Å². The molecule has 35 heavy (non-hydrogen) atoms. The van der Waals surface area contributed by atoms with E-state index in [1.165, 1.54) is 31.4 Å². The summed E-state index contributed by atoms with van der Waals surface area (Å²) in [5, 5.41) is 8.96. The Morgan fingerprint density at radius 2 is 1.97 bits per heavy atom. The van der Waals surface area contributed by atoms with Crippen LogP contribution >= 0.6 is 11.6 Å². The van der Waals surface area contributed by atoms with Gasteiger partial charge in [-0.25, -0.2) is 4.39 Å². The van der Waals surface area contributed by atoms with Crippen molar-refractivity contribution >= 4 is 34.6 Å². The van der Waals surface area contributed by atoms with Crippen molar-refractivity contribution in [2.45, 2.75) is 38.0 Å². The lowest BCUT2D eigenvalue weighted by atomic mass is 9.89. The van der Waals surface area contributed by atoms with Crippen LogP contribution in [0.3, 0.4) is 0 Å². The second kappa shape index (κ2) is 10.9. The van der Waals surface area contributed by atoms with Gasteiger partial charge in [-0.3, -0.25) is 4.79 Å². The van der Waals surface area contributed by atoms with Crippen LogP contribution in [-0.2, 0) is 4.79 Å². The van der Waals surface area contributed by atoms with Crippen molar-refractivity contribution in [3.8, 4) is 0 Å². The van der Waals surface area contributed by atoms with E-state index in [0.29, 0.717) is 28.4 Å². The number of aromatic nitrogens is 1. The number of nitrogens with one attached hydrogen (secondary N) is 1. The SMILES string of the molecule is O=C(/C=C/c1cccc(Cl)c1)NC[C@H]1CCC[C@@H]1CN1CCC(c2noc3cc(F)ccc23)CC1. The molecule has 0 spiro atoms. The molecular weight excluding hydrogens is 465 g/mol. The molecule has 0 radical (unpaired) electrons. The summed E-state index contributed by atoms with van der Waals surface area (Å²) < 4.78 is 18.8. The fourth-order valence-corrected chi connectivity index (χ4v) is 5.84. The molecule has 1 saturated carbocycles. The van der Waals surface area contributed by atoms with Crippen LogP contribution in [0.1, 0.15) is 49.3 Å². The maximum Gasteiger partial charge on any atom is 0.244 e. The number of likely N-dealkylation sites (tertiary alicyclic amines) is 1. The van der Waals surface area contributed by atoms with Gasteiger partial charge in [-0.1, -0.05) is 35.3 Å². The predicted octanol–water partition coefficient (Wildman–Crippen LogP) is 6.05. The fourth-order valence-electron chi connectivity index (χ4n) is 5.64. The summed E-state index contributed by atoms with van der Waals surface area (Å²) >= 11 is 6.01. The number of carbonyl (C=O) groups is 1. The molecule has 5 nitrogen and oxygen atoms in total. The first kappa shape index (κ1) is 24.0. The van der Waals surface area contributed by atoms with Gasteiger partial charge in [0.1, 0.15) is 5.82 Å². The Labute approximate surface area is 210 Å². The Kier molecular flexibility index (Phi) is 7.49. The molecule has 3 aromatic rings. The molecule has 1 N–H and O–H groups in total. The number of piperidine rings is 1. The number of benzene rings is 2. The second-order valence-corrected chi connectivity index (χ2v) is 10.3. The number of carbonyl (C=O) groups excluding carboxylic acids is 1. The van der Waals surface area contributed by atoms with E-state index in [0.717, 1.165) is 55.7 Å². The van der Waals surface area contributed by atoms with Gasteiger partial charge in [-0.2, -0.15) is 0 Å². The normalized spacial score (nSPS) is 21.8. The first-order valence-corrected chi connectivity index (χ1v) is 12.9. The first-order chi connectivity index (χ1) is 17.0. The zero-order valence-corrected chi connectivity index (χ0v) is 20.5. The number of halogens is 2. The number of fused-ring (bicyclic) bond motifs is 1. The molecule has 0 unspecified atom stereocenters. The number of nitrogens with zero attached hydrogens (tertiary/aromatic N) is 2. The summed E-state index contributed by atoms with van der Waals surface area (Å²) in [4.78, 5) is 14.9. The maximum absolute atomic E-state index is 13.5. The molecule has 0 bridgehead atoms. The monoisotopic (exact) mass is 495 g/mol. The molecule has 2 fully saturated rings. The van der Waals surface area contributed by atoms with Gasteiger partial charge >= 0.3 is 0 Å². The molecule has 5 rings (SSSR count). The Morgan fingerprint density at radius 1 is 1.14 bits per heavy atom. The zero-order chi connectivity index (χ0) is 24.2. The molecule has 2 atom stereocenters. The van der Waals surface area contributed by atoms with Crippen LogP contribution in [0.25, 0.3) is 17.0 Å². The standard InChI is InChI=1S/C28H31ClFN3O2/c29-23-6-1-3-19(15-23)7-10-27(34)31-17-21-4-2-5-22(21)18-33-13-11-20(12-14-33)28-25-9-8-24(30)16-26(25)35-32-28/h1,3,6-10,15-16,20-22H,2,4-5,11-14,17-18H2,(H,31,34)/b10-7+/t21-,22-/m1/s1. The summed E-state index contributed by atoms with van der Waals surface area (Å²) in [6.07, 6.45) is 9.05. The van der Waals surface area contributed by atoms with Gasteiger partial charge in [0.2, 0.25) is 5.91 Å². The quantitative estimate of drug-likeness (QED) is 0.405. The largest absolute Gasteiger partial charge is 0.356 e. The van der Waals surface area contributed by atoms with E-state index >= 15 is 0 Å². The van der Waals surface area contributed by atoms with Gasteiger partial charge in [0.15, 0.2) is 5.58 Å². The van der Waals surface area contributed by atoms with Crippen molar-refractivity contribution in [3.05, 3.63) is 70.6 Å². The van der Waals surface area contributed by atoms with E-state index in [1.54, 1.807) is 18.2 Å². The van der Waals surface area contributed by atoms with E-state index in [4.69, 9.17) is 16.1 Å². The van der Waals surface area contributed by atoms with Crippen LogP contribution in [0.2, 0.25) is 5.02 Å². The van der Waals surface area contributed by atoms with E-state index < -0.39 is 0 Å². The van der Waals surface area contributed by atoms with Crippen molar-refractivity contribution in [3.63, 3.8) is 0 Å². The molecule has 1 aromatic heterocycles. The molecule has 1 aliphatic carbocycles. The van der Waals surface area contributed by atoms with Crippen molar-refractivity contribution in [2.75, 3.05) is 26.2 Å². The van der Waals surface area contributed by atoms with Crippen LogP contribution in [0.4, 0.5) is 4.39 Å². The van der Waals surface area contributed by atoms with Crippen LogP contribution in [0.5, 0.6) is 0 Å². The number of hydrogen-bond donors (Lipinski definition) is 1. The molecule has 1 amide bonds. The second-order valence-electron chi connectivity index (χ2n) is 9.87. The van der Waals surface area contributed by atoms with E-state index in [2.05, 4.69) is 15.4 Å². The summed E-state index contributed by atoms with van der Waals surface area (Å²) in [5.41, 5.74) is 2.41. The molecule has 7 heteroatoms. The van der Waals surface area contributed by atoms with Gasteiger partial charge in [0.05, 0.1) is 5.69 Å². The van der Waals surface area contributed by atoms with Crippen molar-refractivity contribution < 1.29 is 13.7 Å². The summed E-state index contributed by atoms with van der Waals surface area (Å²) in [7, 11) is 0. The Bertz CT molecular complexity index is 1200. The van der Waals surface area contributed by atoms with Crippen LogP contribution in [0.15, 0.2) is 53.1 Å². The van der Waals surface area contributed by atoms with Gasteiger partial charge in [0, 0.05) is 41.6 Å². The van der Waals surface area contributed by atoms with E-state index in [9.17, 15) is 9.18 Å². The lowest BCUT2D eigenvalue weighted by Crippen LogP contribution is -2.39. The Balaban J connectivity index is 1.09. The van der Waals surface area contributed by atoms with Crippen molar-refractivity contribution in [1.82, 2.24) is 15.4 Å². The van der Waals surface area contributed by atoms with Crippen molar-refractivity contribution in [2.24, 2.45) is 11.8 Å². The lowest BCUT2D eigenvalue weighted by Gasteiger charge is -2.34. The predicted molar refractivity (Wildman–Crippen MR) is 137 cm³/mol. The molecular formula is C28H31ClFN3O2. The van der Waals surface area contributed by atoms with Crippen LogP contribution in [0, 0.1) is 17.7 Å². The van der Waals surface area contributed by atoms with Gasteiger partial charge < -0.3 is 14.7 Å². The number of hydrogen-bond acceptors (Lipinski definition) is 4. The first-order valence-electron chi connectivity index (χ1n) is 12.5. The molecule has 1 aliphatic heterocycles. The molecule has 1 saturated heterocycles. The lowest BCUT2D eigenvalue weighted by molar-refractivity contribution is -0.116. The molecule has 2 heterocycles. The van der Waals surface area contributed by atoms with Crippen molar-refractivity contribution in [1.29, 1.82) is 0 Å². The van der Waals surface area contributed by atoms with Crippen LogP contribution < -0.4 is 5.32 Å². The minimum absolute atomic E-state index is 0.0591. The fraction of sp³-hybridized carbons (Fsp3) is 0.429. The summed E-state index contributed by atoms with van der Waals surface area (Å²) in [6.45, 7) is 3.86. The summed E-state index contributed by atoms with van der Waals surface area (Å²) in [5.74, 6) is 1.12. The third kappa shape index (κ3) is 5.93. The average molecular weight is 496 g/mol. The van der Waals surface area contributed by atoms with Crippen LogP contribution in [-0.4, -0.2) is 42.1 Å². The Hall–Kier alpha value is -2.70. The third-order valence-electron chi connectivity index (χ3n) is 7.56. The molecule has 184 valence electrons. The molecule has 2 aliphatic rings. The highest BCUT2D eigenvalue weighted by Gasteiger charge is 2.31. The van der Waals surface area contributed by atoms with E-state index in [-0.39, 0.29) is 11.7 Å². The molecule has 2 aromatic carbocycles. The smallest absolute Gasteiger partial charge is 0.244 e. The third-order valence-corrected chi connectivity index (χ3v) is 7.79. The highest BCUT2D eigenvalue weighted by molar-refractivity contribution is 6.30. The minimum Gasteiger partial charge on any atom is -0.356 e. The highest BCUT2D eigenvalue weighted by atomic mass is 35.5. The average Bonchev–Trinajstić information content (AvgIpc) is 3.48. The zero-order valence-electron chi connectivity index (χ0n) is 19.8. The summed E-state index contributed by atoms with van der Waals surface area (Å²) in [6, 6.07) is 12.1. The van der Waals surface area contributed by atoms with Gasteiger partial charge in [-0.05, 0) is 86.5 Å². The number of rotatable bonds is 7. The van der Waals surface area contributed by atoms with E-state index in [1.807, 2.05) is 24.3 Å². The maximum atomic E-state index is 13.5. The minimum atomic E-state index is -0.297. The highest BCUT2D eigenvalue weighted by Crippen LogP contribution is 2.36. The van der Waals surface area contributed by atoms with Gasteiger partial charge in [0.25, 0.3) is 0 Å². The Morgan fingerprint density at radius 3 is 2.80 bits per heavy atom. The number of amides is 1. The topological polar surface area (TPSA) is 58.4 Å².